The summed E-state index contributed by atoms with van der Waals surface area (Å²) < 4.78 is 9.86. The Morgan fingerprint density at radius 1 is 1.44 bits per heavy atom. The van der Waals surface area contributed by atoms with E-state index in [1.54, 1.807) is 13.8 Å². The molecule has 9 nitrogen and oxygen atoms in total. The first-order valence-corrected chi connectivity index (χ1v) is 7.57. The minimum absolute atomic E-state index is 0.0484. The molecule has 2 aromatic rings. The number of hydrogen-bond acceptors (Lipinski definition) is 7. The van der Waals surface area contributed by atoms with Crippen molar-refractivity contribution in [3.8, 4) is 0 Å². The van der Waals surface area contributed by atoms with Crippen LogP contribution in [0.3, 0.4) is 0 Å². The number of carbonyl (C=O) groups is 2. The first-order chi connectivity index (χ1) is 11.8. The number of anilines is 1. The van der Waals surface area contributed by atoms with Crippen molar-refractivity contribution in [3.05, 3.63) is 50.4 Å². The first kappa shape index (κ1) is 18.4. The number of halogens is 1. The van der Waals surface area contributed by atoms with Crippen LogP contribution in [0.4, 0.5) is 11.4 Å². The third-order valence-electron chi connectivity index (χ3n) is 3.24. The third kappa shape index (κ3) is 4.32. The van der Waals surface area contributed by atoms with E-state index in [2.05, 4.69) is 10.5 Å². The minimum atomic E-state index is -0.740. The summed E-state index contributed by atoms with van der Waals surface area (Å²) in [6.45, 7) is 2.77. The number of nitro benzene ring substituents is 1. The van der Waals surface area contributed by atoms with Crippen LogP contribution >= 0.6 is 11.6 Å². The van der Waals surface area contributed by atoms with E-state index >= 15 is 0 Å². The van der Waals surface area contributed by atoms with Crippen LogP contribution in [0, 0.1) is 17.0 Å². The molecule has 25 heavy (non-hydrogen) atoms. The number of ether oxygens (including phenoxy) is 1. The average Bonchev–Trinajstić information content (AvgIpc) is 2.95. The van der Waals surface area contributed by atoms with Crippen molar-refractivity contribution >= 4 is 34.9 Å². The summed E-state index contributed by atoms with van der Waals surface area (Å²) in [7, 11) is 0. The average molecular weight is 368 g/mol. The van der Waals surface area contributed by atoms with Gasteiger partial charge in [-0.1, -0.05) is 23.7 Å². The Balaban J connectivity index is 2.01. The highest BCUT2D eigenvalue weighted by molar-refractivity contribution is 6.33. The number of amides is 1. The van der Waals surface area contributed by atoms with Gasteiger partial charge < -0.3 is 14.6 Å². The number of nitrogens with zero attached hydrogens (tertiary/aromatic N) is 2. The van der Waals surface area contributed by atoms with E-state index in [9.17, 15) is 19.7 Å². The first-order valence-electron chi connectivity index (χ1n) is 7.19. The van der Waals surface area contributed by atoms with E-state index < -0.39 is 23.4 Å². The lowest BCUT2D eigenvalue weighted by Gasteiger charge is -2.08. The number of benzene rings is 1. The highest BCUT2D eigenvalue weighted by atomic mass is 35.5. The van der Waals surface area contributed by atoms with Gasteiger partial charge in [-0.25, -0.2) is 4.79 Å². The monoisotopic (exact) mass is 367 g/mol. The molecule has 0 aliphatic carbocycles. The van der Waals surface area contributed by atoms with E-state index in [-0.39, 0.29) is 22.0 Å². The fraction of sp³-hybridized carbons (Fsp3) is 0.267. The molecule has 1 heterocycles. The summed E-state index contributed by atoms with van der Waals surface area (Å²) in [6.07, 6.45) is 0.470. The predicted molar refractivity (Wildman–Crippen MR) is 87.6 cm³/mol. The fourth-order valence-corrected chi connectivity index (χ4v) is 2.20. The van der Waals surface area contributed by atoms with E-state index in [0.717, 1.165) is 6.07 Å². The molecule has 0 saturated heterocycles. The normalized spacial score (nSPS) is 10.4. The number of aryl methyl sites for hydroxylation is 2. The molecule has 0 radical (unpaired) electrons. The quantitative estimate of drug-likeness (QED) is 0.472. The molecule has 132 valence electrons. The minimum Gasteiger partial charge on any atom is -0.452 e. The second kappa shape index (κ2) is 7.75. The number of nitrogens with one attached hydrogen (secondary N) is 1. The van der Waals surface area contributed by atoms with Crippen LogP contribution in [0.5, 0.6) is 0 Å². The molecule has 10 heteroatoms. The van der Waals surface area contributed by atoms with Crippen molar-refractivity contribution in [1.82, 2.24) is 5.16 Å². The number of non-ortho nitro benzene ring substituents is 1. The van der Waals surface area contributed by atoms with Gasteiger partial charge in [0.1, 0.15) is 11.3 Å². The smallest absolute Gasteiger partial charge is 0.344 e. The lowest BCUT2D eigenvalue weighted by atomic mass is 10.1. The molecule has 0 spiro atoms. The lowest BCUT2D eigenvalue weighted by Crippen LogP contribution is -2.21. The Morgan fingerprint density at radius 2 is 2.16 bits per heavy atom. The van der Waals surface area contributed by atoms with Crippen LogP contribution in [-0.4, -0.2) is 28.6 Å². The van der Waals surface area contributed by atoms with Crippen molar-refractivity contribution in [3.63, 3.8) is 0 Å². The zero-order valence-electron chi connectivity index (χ0n) is 13.4. The maximum absolute atomic E-state index is 12.1. The molecular formula is C15H14ClN3O6. The molecule has 0 aliphatic heterocycles. The Hall–Kier alpha value is -2.94. The summed E-state index contributed by atoms with van der Waals surface area (Å²) in [4.78, 5) is 34.1. The molecule has 1 aromatic heterocycles. The number of rotatable bonds is 6. The van der Waals surface area contributed by atoms with E-state index in [0.29, 0.717) is 17.9 Å². The Labute approximate surface area is 147 Å². The molecule has 1 amide bonds. The summed E-state index contributed by atoms with van der Waals surface area (Å²) in [5.74, 6) is -1.14. The number of nitro groups is 1. The summed E-state index contributed by atoms with van der Waals surface area (Å²) >= 11 is 5.88. The summed E-state index contributed by atoms with van der Waals surface area (Å²) in [5.41, 5.74) is 0.435. The topological polar surface area (TPSA) is 125 Å². The molecule has 1 aromatic carbocycles. The van der Waals surface area contributed by atoms with Crippen molar-refractivity contribution in [1.29, 1.82) is 0 Å². The largest absolute Gasteiger partial charge is 0.452 e. The van der Waals surface area contributed by atoms with Crippen LogP contribution in [-0.2, 0) is 16.0 Å². The SMILES string of the molecule is CCc1noc(C)c1C(=O)OCC(=O)Nc1cc([N+](=O)[O-])ccc1Cl. The number of hydrogen-bond donors (Lipinski definition) is 1. The van der Waals surface area contributed by atoms with Gasteiger partial charge in [-0.15, -0.1) is 0 Å². The zero-order valence-corrected chi connectivity index (χ0v) is 14.1. The standard InChI is InChI=1S/C15H14ClN3O6/c1-3-11-14(8(2)25-18-11)15(21)24-7-13(20)17-12-6-9(19(22)23)4-5-10(12)16/h4-6H,3,7H2,1-2H3,(H,17,20). The molecule has 0 unspecified atom stereocenters. The summed E-state index contributed by atoms with van der Waals surface area (Å²) in [6, 6.07) is 3.61. The third-order valence-corrected chi connectivity index (χ3v) is 3.57. The molecule has 1 N–H and O–H groups in total. The van der Waals surface area contributed by atoms with Crippen molar-refractivity contribution in [2.24, 2.45) is 0 Å². The van der Waals surface area contributed by atoms with Gasteiger partial charge in [0.2, 0.25) is 0 Å². The van der Waals surface area contributed by atoms with Crippen molar-refractivity contribution in [2.45, 2.75) is 20.3 Å². The Morgan fingerprint density at radius 3 is 2.80 bits per heavy atom. The van der Waals surface area contributed by atoms with Crippen LogP contribution in [0.2, 0.25) is 5.02 Å². The van der Waals surface area contributed by atoms with Crippen molar-refractivity contribution in [2.75, 3.05) is 11.9 Å². The molecule has 0 aliphatic rings. The molecular weight excluding hydrogens is 354 g/mol. The van der Waals surface area contributed by atoms with E-state index in [4.69, 9.17) is 20.9 Å². The Bertz CT molecular complexity index is 833. The molecule has 0 bridgehead atoms. The highest BCUT2D eigenvalue weighted by Crippen LogP contribution is 2.26. The molecule has 0 saturated carbocycles. The number of esters is 1. The second-order valence-electron chi connectivity index (χ2n) is 4.96. The van der Waals surface area contributed by atoms with Gasteiger partial charge in [0.25, 0.3) is 11.6 Å². The summed E-state index contributed by atoms with van der Waals surface area (Å²) in [5, 5.41) is 17.0. The Kier molecular flexibility index (Phi) is 5.71. The van der Waals surface area contributed by atoms with Gasteiger partial charge in [0.05, 0.1) is 21.3 Å². The number of carbonyl (C=O) groups excluding carboxylic acids is 2. The predicted octanol–water partition coefficient (Wildman–Crippen LogP) is 2.90. The van der Waals surface area contributed by atoms with Crippen LogP contribution in [0.25, 0.3) is 0 Å². The van der Waals surface area contributed by atoms with E-state index in [1.807, 2.05) is 0 Å². The van der Waals surface area contributed by atoms with Crippen molar-refractivity contribution < 1.29 is 23.8 Å². The maximum Gasteiger partial charge on any atom is 0.344 e. The number of aromatic nitrogens is 1. The molecule has 0 fully saturated rings. The van der Waals surface area contributed by atoms with Crippen LogP contribution in [0.1, 0.15) is 28.7 Å². The molecule has 0 atom stereocenters. The molecule has 2 rings (SSSR count). The van der Waals surface area contributed by atoms with Gasteiger partial charge in [-0.3, -0.25) is 14.9 Å². The van der Waals surface area contributed by atoms with E-state index in [1.165, 1.54) is 12.1 Å². The maximum atomic E-state index is 12.1. The highest BCUT2D eigenvalue weighted by Gasteiger charge is 2.21. The van der Waals surface area contributed by atoms with Crippen LogP contribution < -0.4 is 5.32 Å². The van der Waals surface area contributed by atoms with Gasteiger partial charge in [0.15, 0.2) is 6.61 Å². The lowest BCUT2D eigenvalue weighted by molar-refractivity contribution is -0.384. The van der Waals surface area contributed by atoms with Crippen LogP contribution in [0.15, 0.2) is 22.7 Å². The zero-order chi connectivity index (χ0) is 18.6. The van der Waals surface area contributed by atoms with Gasteiger partial charge in [0, 0.05) is 12.1 Å². The fourth-order valence-electron chi connectivity index (χ4n) is 2.03. The van der Waals surface area contributed by atoms with Gasteiger partial charge in [-0.2, -0.15) is 0 Å². The second-order valence-corrected chi connectivity index (χ2v) is 5.37. The van der Waals surface area contributed by atoms with Gasteiger partial charge in [-0.05, 0) is 19.4 Å². The van der Waals surface area contributed by atoms with Gasteiger partial charge >= 0.3 is 5.97 Å².